The maximum absolute atomic E-state index is 4.29. The summed E-state index contributed by atoms with van der Waals surface area (Å²) in [7, 11) is 0. The van der Waals surface area contributed by atoms with Crippen molar-refractivity contribution in [3.8, 4) is 0 Å². The summed E-state index contributed by atoms with van der Waals surface area (Å²) in [4.78, 5) is 4.29. The molecular weight excluding hydrogens is 160 g/mol. The Bertz CT molecular complexity index is 263. The average molecular weight is 180 g/mol. The fourth-order valence-corrected chi connectivity index (χ4v) is 1.65. The van der Waals surface area contributed by atoms with Gasteiger partial charge in [0.1, 0.15) is 0 Å². The van der Waals surface area contributed by atoms with E-state index in [1.165, 1.54) is 18.5 Å². The zero-order valence-corrected chi connectivity index (χ0v) is 9.17. The van der Waals surface area contributed by atoms with E-state index in [-0.39, 0.29) is 0 Å². The number of nitrogens with zero attached hydrogens (tertiary/aromatic N) is 2. The Morgan fingerprint density at radius 1 is 1.46 bits per heavy atom. The molecule has 1 aromatic heterocycles. The van der Waals surface area contributed by atoms with Gasteiger partial charge in [-0.2, -0.15) is 0 Å². The van der Waals surface area contributed by atoms with Gasteiger partial charge in [0.2, 0.25) is 0 Å². The molecule has 0 radical (unpaired) electrons. The molecule has 0 spiro atoms. The van der Waals surface area contributed by atoms with Crippen LogP contribution in [0.3, 0.4) is 0 Å². The van der Waals surface area contributed by atoms with Crippen LogP contribution in [0.2, 0.25) is 0 Å². The maximum Gasteiger partial charge on any atom is 0.0951 e. The van der Waals surface area contributed by atoms with Crippen molar-refractivity contribution in [3.63, 3.8) is 0 Å². The minimum atomic E-state index is 0.761. The summed E-state index contributed by atoms with van der Waals surface area (Å²) in [6.07, 6.45) is 4.53. The van der Waals surface area contributed by atoms with Gasteiger partial charge in [0, 0.05) is 12.2 Å². The molecule has 1 heterocycles. The van der Waals surface area contributed by atoms with Gasteiger partial charge >= 0.3 is 0 Å². The summed E-state index contributed by atoms with van der Waals surface area (Å²) >= 11 is 0. The highest BCUT2D eigenvalue weighted by Crippen LogP contribution is 2.11. The highest BCUT2D eigenvalue weighted by molar-refractivity contribution is 5.08. The van der Waals surface area contributed by atoms with Crippen LogP contribution in [0.4, 0.5) is 0 Å². The minimum Gasteiger partial charge on any atom is -0.334 e. The van der Waals surface area contributed by atoms with Crippen LogP contribution in [0.5, 0.6) is 0 Å². The molecule has 13 heavy (non-hydrogen) atoms. The molecule has 1 aromatic rings. The van der Waals surface area contributed by atoms with Crippen LogP contribution < -0.4 is 0 Å². The third kappa shape index (κ3) is 2.58. The van der Waals surface area contributed by atoms with Crippen molar-refractivity contribution < 1.29 is 0 Å². The zero-order chi connectivity index (χ0) is 9.84. The van der Waals surface area contributed by atoms with E-state index >= 15 is 0 Å². The maximum atomic E-state index is 4.29. The second kappa shape index (κ2) is 4.45. The SMILES string of the molecule is CCCC(C)Cn1cnc(C)c1C. The van der Waals surface area contributed by atoms with Crippen molar-refractivity contribution in [2.24, 2.45) is 5.92 Å². The van der Waals surface area contributed by atoms with Crippen molar-refractivity contribution in [2.75, 3.05) is 0 Å². The Balaban J connectivity index is 2.58. The highest BCUT2D eigenvalue weighted by atomic mass is 15.1. The monoisotopic (exact) mass is 180 g/mol. The van der Waals surface area contributed by atoms with E-state index in [0.29, 0.717) is 0 Å². The molecule has 0 bridgehead atoms. The highest BCUT2D eigenvalue weighted by Gasteiger charge is 2.05. The van der Waals surface area contributed by atoms with Crippen LogP contribution >= 0.6 is 0 Å². The molecule has 0 aliphatic heterocycles. The molecule has 1 atom stereocenters. The lowest BCUT2D eigenvalue weighted by molar-refractivity contribution is 0.441. The van der Waals surface area contributed by atoms with Crippen molar-refractivity contribution in [2.45, 2.75) is 47.1 Å². The van der Waals surface area contributed by atoms with Gasteiger partial charge in [0.15, 0.2) is 0 Å². The Hall–Kier alpha value is -0.790. The number of imidazole rings is 1. The first-order valence-corrected chi connectivity index (χ1v) is 5.13. The van der Waals surface area contributed by atoms with Crippen LogP contribution in [0.25, 0.3) is 0 Å². The third-order valence-electron chi connectivity index (χ3n) is 2.64. The van der Waals surface area contributed by atoms with Crippen LogP contribution in [-0.2, 0) is 6.54 Å². The lowest BCUT2D eigenvalue weighted by atomic mass is 10.1. The zero-order valence-electron chi connectivity index (χ0n) is 9.17. The van der Waals surface area contributed by atoms with Gasteiger partial charge in [-0.15, -0.1) is 0 Å². The summed E-state index contributed by atoms with van der Waals surface area (Å²) in [5.41, 5.74) is 2.46. The van der Waals surface area contributed by atoms with Crippen molar-refractivity contribution in [1.82, 2.24) is 9.55 Å². The Kier molecular flexibility index (Phi) is 3.52. The third-order valence-corrected chi connectivity index (χ3v) is 2.64. The van der Waals surface area contributed by atoms with Crippen molar-refractivity contribution in [3.05, 3.63) is 17.7 Å². The van der Waals surface area contributed by atoms with Gasteiger partial charge in [-0.1, -0.05) is 20.3 Å². The first-order chi connectivity index (χ1) is 6.15. The minimum absolute atomic E-state index is 0.761. The lowest BCUT2D eigenvalue weighted by Gasteiger charge is -2.12. The van der Waals surface area contributed by atoms with E-state index in [1.807, 2.05) is 6.33 Å². The van der Waals surface area contributed by atoms with Gasteiger partial charge in [0.05, 0.1) is 12.0 Å². The molecule has 0 aromatic carbocycles. The fraction of sp³-hybridized carbons (Fsp3) is 0.727. The normalized spacial score (nSPS) is 13.2. The summed E-state index contributed by atoms with van der Waals surface area (Å²) in [6.45, 7) is 9.86. The number of hydrogen-bond acceptors (Lipinski definition) is 1. The van der Waals surface area contributed by atoms with E-state index in [9.17, 15) is 0 Å². The van der Waals surface area contributed by atoms with Crippen LogP contribution in [0.1, 0.15) is 38.1 Å². The van der Waals surface area contributed by atoms with Gasteiger partial charge in [-0.3, -0.25) is 0 Å². The summed E-state index contributed by atoms with van der Waals surface area (Å²) < 4.78 is 2.26. The summed E-state index contributed by atoms with van der Waals surface area (Å²) in [6, 6.07) is 0. The van der Waals surface area contributed by atoms with Crippen LogP contribution in [-0.4, -0.2) is 9.55 Å². The molecule has 0 saturated heterocycles. The van der Waals surface area contributed by atoms with E-state index in [4.69, 9.17) is 0 Å². The second-order valence-electron chi connectivity index (χ2n) is 3.96. The topological polar surface area (TPSA) is 17.8 Å². The largest absolute Gasteiger partial charge is 0.334 e. The van der Waals surface area contributed by atoms with E-state index in [0.717, 1.165) is 18.2 Å². The average Bonchev–Trinajstić information content (AvgIpc) is 2.37. The smallest absolute Gasteiger partial charge is 0.0951 e. The molecular formula is C11H20N2. The number of rotatable bonds is 4. The molecule has 0 fully saturated rings. The van der Waals surface area contributed by atoms with Gasteiger partial charge in [-0.05, 0) is 26.2 Å². The van der Waals surface area contributed by atoms with Crippen LogP contribution in [0, 0.1) is 19.8 Å². The first-order valence-electron chi connectivity index (χ1n) is 5.13. The Morgan fingerprint density at radius 3 is 2.62 bits per heavy atom. The summed E-state index contributed by atoms with van der Waals surface area (Å²) in [5, 5.41) is 0. The number of hydrogen-bond donors (Lipinski definition) is 0. The first kappa shape index (κ1) is 10.3. The number of aryl methyl sites for hydroxylation is 1. The van der Waals surface area contributed by atoms with E-state index in [1.54, 1.807) is 0 Å². The Labute approximate surface area is 81.0 Å². The number of aromatic nitrogens is 2. The predicted molar refractivity (Wildman–Crippen MR) is 55.8 cm³/mol. The van der Waals surface area contributed by atoms with E-state index in [2.05, 4.69) is 37.2 Å². The lowest BCUT2D eigenvalue weighted by Crippen LogP contribution is -2.07. The molecule has 0 aliphatic rings. The predicted octanol–water partition coefficient (Wildman–Crippen LogP) is 2.94. The molecule has 74 valence electrons. The second-order valence-corrected chi connectivity index (χ2v) is 3.96. The van der Waals surface area contributed by atoms with Crippen LogP contribution in [0.15, 0.2) is 6.33 Å². The molecule has 0 N–H and O–H groups in total. The van der Waals surface area contributed by atoms with Crippen molar-refractivity contribution >= 4 is 0 Å². The Morgan fingerprint density at radius 2 is 2.15 bits per heavy atom. The van der Waals surface area contributed by atoms with Gasteiger partial charge in [0.25, 0.3) is 0 Å². The molecule has 1 unspecified atom stereocenters. The quantitative estimate of drug-likeness (QED) is 0.696. The van der Waals surface area contributed by atoms with Gasteiger partial charge < -0.3 is 4.57 Å². The fourth-order valence-electron chi connectivity index (χ4n) is 1.65. The van der Waals surface area contributed by atoms with Gasteiger partial charge in [-0.25, -0.2) is 4.98 Å². The molecule has 0 amide bonds. The molecule has 0 aliphatic carbocycles. The summed E-state index contributed by atoms with van der Waals surface area (Å²) in [5.74, 6) is 0.761. The molecule has 1 rings (SSSR count). The standard InChI is InChI=1S/C11H20N2/c1-5-6-9(2)7-13-8-12-10(3)11(13)4/h8-9H,5-7H2,1-4H3. The van der Waals surface area contributed by atoms with E-state index < -0.39 is 0 Å². The molecule has 0 saturated carbocycles. The van der Waals surface area contributed by atoms with Crippen molar-refractivity contribution in [1.29, 1.82) is 0 Å². The molecule has 2 heteroatoms. The molecule has 2 nitrogen and oxygen atoms in total.